The Labute approximate surface area is 128 Å². The van der Waals surface area contributed by atoms with Crippen LogP contribution in [0.1, 0.15) is 13.3 Å². The lowest BCUT2D eigenvalue weighted by Gasteiger charge is -2.29. The number of alkyl halides is 2. The van der Waals surface area contributed by atoms with E-state index >= 15 is 0 Å². The third-order valence-electron chi connectivity index (χ3n) is 3.38. The molecule has 21 heavy (non-hydrogen) atoms. The van der Waals surface area contributed by atoms with E-state index in [4.69, 9.17) is 0 Å². The van der Waals surface area contributed by atoms with Gasteiger partial charge in [0.05, 0.1) is 6.20 Å². The van der Waals surface area contributed by atoms with Gasteiger partial charge in [0.1, 0.15) is 11.4 Å². The van der Waals surface area contributed by atoms with Crippen molar-refractivity contribution in [2.24, 2.45) is 5.92 Å². The molecule has 122 valence electrons. The molecule has 1 aromatic heterocycles. The molecule has 1 aliphatic heterocycles. The molecule has 10 heteroatoms. The molecular weight excluding hydrogens is 326 g/mol. The predicted octanol–water partition coefficient (Wildman–Crippen LogP) is 0.846. The van der Waals surface area contributed by atoms with Crippen LogP contribution in [0.25, 0.3) is 0 Å². The van der Waals surface area contributed by atoms with E-state index in [0.29, 0.717) is 6.54 Å². The molecule has 1 aromatic rings. The van der Waals surface area contributed by atoms with Gasteiger partial charge in [0.25, 0.3) is 6.43 Å². The van der Waals surface area contributed by atoms with E-state index in [1.165, 1.54) is 0 Å². The lowest BCUT2D eigenvalue weighted by molar-refractivity contribution is 0.121. The van der Waals surface area contributed by atoms with Gasteiger partial charge in [-0.25, -0.2) is 21.9 Å². The summed E-state index contributed by atoms with van der Waals surface area (Å²) in [7, 11) is -3.73. The van der Waals surface area contributed by atoms with Gasteiger partial charge >= 0.3 is 0 Å². The summed E-state index contributed by atoms with van der Waals surface area (Å²) in [6.45, 7) is 2.79. The van der Waals surface area contributed by atoms with E-state index in [1.54, 1.807) is 0 Å². The largest absolute Gasteiger partial charge is 0.315 e. The molecular formula is C11H19ClF2N4O2S. The Kier molecular flexibility index (Phi) is 6.51. The van der Waals surface area contributed by atoms with Crippen LogP contribution in [0.5, 0.6) is 0 Å². The van der Waals surface area contributed by atoms with Crippen molar-refractivity contribution < 1.29 is 17.2 Å². The number of sulfonamides is 1. The average Bonchev–Trinajstić information content (AvgIpc) is 2.80. The number of halogens is 3. The molecule has 2 atom stereocenters. The molecule has 0 aromatic carbocycles. The first kappa shape index (κ1) is 18.3. The maximum absolute atomic E-state index is 12.2. The molecule has 0 radical (unpaired) electrons. The molecule has 2 unspecified atom stereocenters. The summed E-state index contributed by atoms with van der Waals surface area (Å²) in [4.78, 5) is -0.0871. The average molecular weight is 345 g/mol. The monoisotopic (exact) mass is 344 g/mol. The van der Waals surface area contributed by atoms with Crippen molar-refractivity contribution >= 4 is 22.4 Å². The van der Waals surface area contributed by atoms with Crippen LogP contribution < -0.4 is 10.0 Å². The minimum Gasteiger partial charge on any atom is -0.315 e. The molecule has 0 bridgehead atoms. The summed E-state index contributed by atoms with van der Waals surface area (Å²) >= 11 is 0. The molecule has 6 nitrogen and oxygen atoms in total. The third-order valence-corrected chi connectivity index (χ3v) is 4.82. The van der Waals surface area contributed by atoms with Gasteiger partial charge in [0, 0.05) is 18.8 Å². The molecule has 2 N–H and O–H groups in total. The third kappa shape index (κ3) is 4.87. The zero-order chi connectivity index (χ0) is 14.8. The van der Waals surface area contributed by atoms with Gasteiger partial charge in [-0.1, -0.05) is 6.92 Å². The van der Waals surface area contributed by atoms with Crippen LogP contribution in [0, 0.1) is 5.92 Å². The zero-order valence-electron chi connectivity index (χ0n) is 11.5. The molecule has 0 aliphatic carbocycles. The van der Waals surface area contributed by atoms with Gasteiger partial charge in [-0.2, -0.15) is 5.10 Å². The van der Waals surface area contributed by atoms with Crippen LogP contribution in [0.2, 0.25) is 0 Å². The van der Waals surface area contributed by atoms with Crippen molar-refractivity contribution in [3.05, 3.63) is 12.4 Å². The summed E-state index contributed by atoms with van der Waals surface area (Å²) in [5.41, 5.74) is 0. The van der Waals surface area contributed by atoms with E-state index in [0.717, 1.165) is 30.0 Å². The van der Waals surface area contributed by atoms with Crippen LogP contribution in [-0.2, 0) is 16.6 Å². The van der Waals surface area contributed by atoms with Crippen LogP contribution in [0.15, 0.2) is 17.3 Å². The molecule has 1 aliphatic rings. The molecule has 0 saturated carbocycles. The highest BCUT2D eigenvalue weighted by molar-refractivity contribution is 7.89. The minimum absolute atomic E-state index is 0. The maximum Gasteiger partial charge on any atom is 0.257 e. The van der Waals surface area contributed by atoms with Crippen LogP contribution in [0.4, 0.5) is 8.78 Å². The fourth-order valence-electron chi connectivity index (χ4n) is 2.14. The Morgan fingerprint density at radius 1 is 1.57 bits per heavy atom. The Hall–Kier alpha value is -0.770. The quantitative estimate of drug-likeness (QED) is 0.830. The normalized spacial score (nSPS) is 23.0. The van der Waals surface area contributed by atoms with Crippen molar-refractivity contribution in [2.45, 2.75) is 37.3 Å². The number of nitrogens with zero attached hydrogens (tertiary/aromatic N) is 2. The van der Waals surface area contributed by atoms with E-state index in [9.17, 15) is 17.2 Å². The Morgan fingerprint density at radius 3 is 2.90 bits per heavy atom. The molecule has 2 rings (SSSR count). The van der Waals surface area contributed by atoms with Crippen LogP contribution >= 0.6 is 12.4 Å². The Morgan fingerprint density at radius 2 is 2.29 bits per heavy atom. The summed E-state index contributed by atoms with van der Waals surface area (Å²) in [5, 5.41) is 6.76. The highest BCUT2D eigenvalue weighted by Crippen LogP contribution is 2.15. The zero-order valence-corrected chi connectivity index (χ0v) is 13.1. The Balaban J connectivity index is 0.00000220. The summed E-state index contributed by atoms with van der Waals surface area (Å²) in [5.74, 6) is 0.224. The second kappa shape index (κ2) is 7.48. The van der Waals surface area contributed by atoms with Gasteiger partial charge in [0.2, 0.25) is 10.0 Å². The Bertz CT molecular complexity index is 552. The lowest BCUT2D eigenvalue weighted by Crippen LogP contribution is -2.50. The first-order valence-electron chi connectivity index (χ1n) is 6.42. The number of hydrogen-bond donors (Lipinski definition) is 2. The van der Waals surface area contributed by atoms with Gasteiger partial charge in [-0.15, -0.1) is 12.4 Å². The fraction of sp³-hybridized carbons (Fsp3) is 0.727. The summed E-state index contributed by atoms with van der Waals surface area (Å²) < 4.78 is 52.3. The molecule has 1 fully saturated rings. The van der Waals surface area contributed by atoms with E-state index in [1.807, 2.05) is 6.92 Å². The van der Waals surface area contributed by atoms with Gasteiger partial charge < -0.3 is 5.32 Å². The van der Waals surface area contributed by atoms with Crippen LogP contribution in [0.3, 0.4) is 0 Å². The highest BCUT2D eigenvalue weighted by Gasteiger charge is 2.27. The predicted molar refractivity (Wildman–Crippen MR) is 76.2 cm³/mol. The van der Waals surface area contributed by atoms with Gasteiger partial charge in [-0.05, 0) is 18.9 Å². The first-order chi connectivity index (χ1) is 9.38. The summed E-state index contributed by atoms with van der Waals surface area (Å²) in [6.07, 6.45) is 0.528. The first-order valence-corrected chi connectivity index (χ1v) is 7.90. The highest BCUT2D eigenvalue weighted by atomic mass is 35.5. The number of rotatable bonds is 5. The minimum atomic E-state index is -3.73. The van der Waals surface area contributed by atoms with E-state index in [-0.39, 0.29) is 29.3 Å². The second-order valence-electron chi connectivity index (χ2n) is 4.99. The summed E-state index contributed by atoms with van der Waals surface area (Å²) in [6, 6.07) is -0.202. The number of nitrogens with one attached hydrogen (secondary N) is 2. The van der Waals surface area contributed by atoms with E-state index < -0.39 is 23.0 Å². The van der Waals surface area contributed by atoms with Gasteiger partial charge in [-0.3, -0.25) is 4.68 Å². The van der Waals surface area contributed by atoms with Crippen molar-refractivity contribution in [3.63, 3.8) is 0 Å². The molecule has 0 amide bonds. The molecule has 1 saturated heterocycles. The second-order valence-corrected chi connectivity index (χ2v) is 6.70. The van der Waals surface area contributed by atoms with Crippen molar-refractivity contribution in [2.75, 3.05) is 13.1 Å². The number of piperidine rings is 1. The topological polar surface area (TPSA) is 76.0 Å². The maximum atomic E-state index is 12.2. The van der Waals surface area contributed by atoms with Crippen LogP contribution in [-0.4, -0.2) is 43.8 Å². The van der Waals surface area contributed by atoms with Crippen molar-refractivity contribution in [3.8, 4) is 0 Å². The van der Waals surface area contributed by atoms with Gasteiger partial charge in [0.15, 0.2) is 0 Å². The molecule has 0 spiro atoms. The molecule has 2 heterocycles. The van der Waals surface area contributed by atoms with Crippen molar-refractivity contribution in [1.29, 1.82) is 0 Å². The van der Waals surface area contributed by atoms with E-state index in [2.05, 4.69) is 15.1 Å². The number of aromatic nitrogens is 2. The number of hydrogen-bond acceptors (Lipinski definition) is 4. The fourth-order valence-corrected chi connectivity index (χ4v) is 3.44. The lowest BCUT2D eigenvalue weighted by atomic mass is 9.96. The van der Waals surface area contributed by atoms with Crippen molar-refractivity contribution in [1.82, 2.24) is 19.8 Å². The SMILES string of the molecule is CC1CCNCC1NS(=O)(=O)c1cnn(CC(F)F)c1.Cl. The smallest absolute Gasteiger partial charge is 0.257 e. The standard InChI is InChI=1S/C11H18F2N4O2S.ClH/c1-8-2-3-14-5-10(8)16-20(18,19)9-4-15-17(6-9)7-11(12)13;/h4,6,8,10-11,14,16H,2-3,5,7H2,1H3;1H.